The molecule has 10 nitrogen and oxygen atoms in total. The van der Waals surface area contributed by atoms with Crippen LogP contribution >= 0.6 is 0 Å². The Labute approximate surface area is 180 Å². The van der Waals surface area contributed by atoms with Gasteiger partial charge >= 0.3 is 6.09 Å². The summed E-state index contributed by atoms with van der Waals surface area (Å²) in [5.74, 6) is -0.456. The number of hydrogen-bond acceptors (Lipinski definition) is 7. The van der Waals surface area contributed by atoms with E-state index in [2.05, 4.69) is 25.4 Å². The lowest BCUT2D eigenvalue weighted by atomic mass is 10.1. The van der Waals surface area contributed by atoms with E-state index in [-0.39, 0.29) is 24.0 Å². The monoisotopic (exact) mass is 433 g/mol. The van der Waals surface area contributed by atoms with E-state index in [1.54, 1.807) is 42.1 Å². The maximum atomic E-state index is 14.2. The second kappa shape index (κ2) is 7.38. The number of anilines is 1. The van der Waals surface area contributed by atoms with Crippen LogP contribution in [0.2, 0.25) is 0 Å². The van der Waals surface area contributed by atoms with Gasteiger partial charge in [0.1, 0.15) is 17.3 Å². The molecule has 0 radical (unpaired) electrons. The molecule has 5 rings (SSSR count). The number of fused-ring (bicyclic) bond motifs is 2. The maximum Gasteiger partial charge on any atom is 0.405 e. The van der Waals surface area contributed by atoms with Crippen molar-refractivity contribution in [2.75, 3.05) is 5.32 Å². The van der Waals surface area contributed by atoms with Crippen molar-refractivity contribution in [3.05, 3.63) is 65.2 Å². The van der Waals surface area contributed by atoms with Crippen LogP contribution in [0, 0.1) is 12.7 Å². The van der Waals surface area contributed by atoms with Gasteiger partial charge in [-0.3, -0.25) is 4.79 Å². The second-order valence-electron chi connectivity index (χ2n) is 7.17. The molecule has 0 aliphatic carbocycles. The zero-order valence-electron chi connectivity index (χ0n) is 16.7. The van der Waals surface area contributed by atoms with Crippen molar-refractivity contribution in [1.82, 2.24) is 24.7 Å². The molecule has 0 bridgehead atoms. The first-order valence-corrected chi connectivity index (χ1v) is 9.63. The molecule has 2 amide bonds. The van der Waals surface area contributed by atoms with Crippen molar-refractivity contribution in [2.45, 2.75) is 19.6 Å². The van der Waals surface area contributed by atoms with Gasteiger partial charge in [0.2, 0.25) is 6.10 Å². The Balaban J connectivity index is 1.61. The van der Waals surface area contributed by atoms with E-state index in [1.165, 1.54) is 6.07 Å². The molecule has 3 aromatic heterocycles. The SMILES string of the molecule is Cc1nc(-c2nn(Cc3ccccc3F)c3ncccc23)nc2c1C(OC(N)=O)C(=O)N2. The first-order chi connectivity index (χ1) is 15.4. The highest BCUT2D eigenvalue weighted by atomic mass is 19.1. The number of nitrogens with one attached hydrogen (secondary N) is 1. The largest absolute Gasteiger partial charge is 0.431 e. The number of ether oxygens (including phenoxy) is 1. The van der Waals surface area contributed by atoms with Gasteiger partial charge in [-0.15, -0.1) is 0 Å². The number of pyridine rings is 1. The molecule has 1 atom stereocenters. The molecule has 160 valence electrons. The quantitative estimate of drug-likeness (QED) is 0.504. The van der Waals surface area contributed by atoms with E-state index in [9.17, 15) is 14.0 Å². The van der Waals surface area contributed by atoms with Gasteiger partial charge in [0.15, 0.2) is 11.5 Å². The Hall–Kier alpha value is -4.41. The predicted octanol–water partition coefficient (Wildman–Crippen LogP) is 2.47. The molecule has 0 saturated carbocycles. The Morgan fingerprint density at radius 2 is 2.06 bits per heavy atom. The zero-order valence-corrected chi connectivity index (χ0v) is 16.7. The van der Waals surface area contributed by atoms with Gasteiger partial charge in [-0.1, -0.05) is 18.2 Å². The van der Waals surface area contributed by atoms with Crippen molar-refractivity contribution in [3.63, 3.8) is 0 Å². The molecule has 3 N–H and O–H groups in total. The Morgan fingerprint density at radius 3 is 2.84 bits per heavy atom. The number of carbonyl (C=O) groups excluding carboxylic acids is 2. The molecule has 32 heavy (non-hydrogen) atoms. The van der Waals surface area contributed by atoms with Crippen molar-refractivity contribution in [1.29, 1.82) is 0 Å². The number of aromatic nitrogens is 5. The van der Waals surface area contributed by atoms with Gasteiger partial charge in [0.25, 0.3) is 5.91 Å². The van der Waals surface area contributed by atoms with Crippen LogP contribution in [0.4, 0.5) is 15.0 Å². The fourth-order valence-electron chi connectivity index (χ4n) is 3.71. The molecule has 0 fully saturated rings. The van der Waals surface area contributed by atoms with Gasteiger partial charge in [0, 0.05) is 11.8 Å². The smallest absolute Gasteiger partial charge is 0.405 e. The molecular formula is C21H16FN7O3. The van der Waals surface area contributed by atoms with Crippen molar-refractivity contribution >= 4 is 28.9 Å². The molecular weight excluding hydrogens is 417 g/mol. The number of benzene rings is 1. The summed E-state index contributed by atoms with van der Waals surface area (Å²) in [5.41, 5.74) is 7.25. The van der Waals surface area contributed by atoms with Gasteiger partial charge in [-0.25, -0.2) is 28.8 Å². The number of hydrogen-bond donors (Lipinski definition) is 2. The van der Waals surface area contributed by atoms with Crippen LogP contribution in [-0.4, -0.2) is 36.7 Å². The minimum absolute atomic E-state index is 0.162. The lowest BCUT2D eigenvalue weighted by Crippen LogP contribution is -2.22. The van der Waals surface area contributed by atoms with E-state index in [1.807, 2.05) is 6.07 Å². The van der Waals surface area contributed by atoms with Crippen LogP contribution in [0.5, 0.6) is 0 Å². The summed E-state index contributed by atoms with van der Waals surface area (Å²) in [6.45, 7) is 1.83. The van der Waals surface area contributed by atoms with Crippen LogP contribution in [0.3, 0.4) is 0 Å². The third-order valence-electron chi connectivity index (χ3n) is 5.11. The summed E-state index contributed by atoms with van der Waals surface area (Å²) >= 11 is 0. The molecule has 4 heterocycles. The number of nitrogens with two attached hydrogens (primary N) is 1. The van der Waals surface area contributed by atoms with E-state index >= 15 is 0 Å². The highest BCUT2D eigenvalue weighted by molar-refractivity contribution is 6.02. The standard InChI is InChI=1S/C21H16FN7O3/c1-10-14-16(32-21(23)31)20(30)27-17(14)26-18(25-10)15-12-6-4-8-24-19(12)29(28-15)9-11-5-2-3-7-13(11)22/h2-8,16H,9H2,1H3,(H2,23,31)(H,25,26,27,30). The van der Waals surface area contributed by atoms with Crippen LogP contribution in [0.15, 0.2) is 42.6 Å². The van der Waals surface area contributed by atoms with Crippen LogP contribution in [0.1, 0.15) is 22.9 Å². The van der Waals surface area contributed by atoms with Gasteiger partial charge < -0.3 is 15.8 Å². The van der Waals surface area contributed by atoms with Crippen molar-refractivity contribution < 1.29 is 18.7 Å². The predicted molar refractivity (Wildman–Crippen MR) is 111 cm³/mol. The molecule has 1 aromatic carbocycles. The topological polar surface area (TPSA) is 138 Å². The van der Waals surface area contributed by atoms with Crippen LogP contribution in [0.25, 0.3) is 22.6 Å². The fourth-order valence-corrected chi connectivity index (χ4v) is 3.71. The summed E-state index contributed by atoms with van der Waals surface area (Å²) in [5, 5.41) is 7.84. The first kappa shape index (κ1) is 19.5. The fraction of sp³-hybridized carbons (Fsp3) is 0.143. The highest BCUT2D eigenvalue weighted by Gasteiger charge is 2.37. The highest BCUT2D eigenvalue weighted by Crippen LogP contribution is 2.36. The summed E-state index contributed by atoms with van der Waals surface area (Å²) < 4.78 is 20.7. The minimum atomic E-state index is -1.21. The third-order valence-corrected chi connectivity index (χ3v) is 5.11. The minimum Gasteiger partial charge on any atom is -0.431 e. The van der Waals surface area contributed by atoms with Crippen molar-refractivity contribution in [2.24, 2.45) is 5.73 Å². The maximum absolute atomic E-state index is 14.2. The number of halogens is 1. The van der Waals surface area contributed by atoms with E-state index < -0.39 is 18.1 Å². The van der Waals surface area contributed by atoms with E-state index in [0.717, 1.165) is 0 Å². The number of nitrogens with zero attached hydrogens (tertiary/aromatic N) is 5. The van der Waals surface area contributed by atoms with Gasteiger partial charge in [0.05, 0.1) is 23.2 Å². The Morgan fingerprint density at radius 1 is 1.25 bits per heavy atom. The molecule has 1 aliphatic heterocycles. The molecule has 1 unspecified atom stereocenters. The average Bonchev–Trinajstić information content (AvgIpc) is 3.27. The number of primary amides is 1. The van der Waals surface area contributed by atoms with E-state index in [4.69, 9.17) is 10.5 Å². The lowest BCUT2D eigenvalue weighted by molar-refractivity contribution is -0.123. The normalized spacial score (nSPS) is 14.9. The van der Waals surface area contributed by atoms with Crippen LogP contribution < -0.4 is 11.1 Å². The lowest BCUT2D eigenvalue weighted by Gasteiger charge is -2.10. The molecule has 4 aromatic rings. The Bertz CT molecular complexity index is 1400. The molecule has 0 spiro atoms. The number of amides is 2. The average molecular weight is 433 g/mol. The van der Waals surface area contributed by atoms with Crippen LogP contribution in [-0.2, 0) is 16.1 Å². The van der Waals surface area contributed by atoms with Gasteiger partial charge in [-0.2, -0.15) is 5.10 Å². The third kappa shape index (κ3) is 3.20. The summed E-state index contributed by atoms with van der Waals surface area (Å²) in [6, 6.07) is 9.99. The van der Waals surface area contributed by atoms with E-state index in [0.29, 0.717) is 33.5 Å². The summed E-state index contributed by atoms with van der Waals surface area (Å²) in [4.78, 5) is 36.7. The molecule has 11 heteroatoms. The number of carbonyl (C=O) groups is 2. The second-order valence-corrected chi connectivity index (χ2v) is 7.17. The van der Waals surface area contributed by atoms with Gasteiger partial charge in [-0.05, 0) is 25.1 Å². The Kier molecular flexibility index (Phi) is 4.51. The summed E-state index contributed by atoms with van der Waals surface area (Å²) in [7, 11) is 0. The summed E-state index contributed by atoms with van der Waals surface area (Å²) in [6.07, 6.45) is -0.675. The molecule has 1 aliphatic rings. The van der Waals surface area contributed by atoms with Crippen molar-refractivity contribution in [3.8, 4) is 11.5 Å². The first-order valence-electron chi connectivity index (χ1n) is 9.63. The number of aryl methyl sites for hydroxylation is 1. The zero-order chi connectivity index (χ0) is 22.4. The molecule has 0 saturated heterocycles. The number of rotatable bonds is 4.